The zero-order valence-corrected chi connectivity index (χ0v) is 12.1. The molecule has 1 aliphatic heterocycles. The second-order valence-corrected chi connectivity index (χ2v) is 5.27. The van der Waals surface area contributed by atoms with Crippen LogP contribution in [0.4, 0.5) is 0 Å². The highest BCUT2D eigenvalue weighted by Gasteiger charge is 2.12. The summed E-state index contributed by atoms with van der Waals surface area (Å²) < 4.78 is 10.7. The monoisotopic (exact) mass is 277 g/mol. The molecule has 0 bridgehead atoms. The van der Waals surface area contributed by atoms with Crippen molar-refractivity contribution in [3.05, 3.63) is 24.3 Å². The predicted octanol–water partition coefficient (Wildman–Crippen LogP) is 2.77. The summed E-state index contributed by atoms with van der Waals surface area (Å²) in [5.41, 5.74) is 0. The lowest BCUT2D eigenvalue weighted by Gasteiger charge is -2.22. The van der Waals surface area contributed by atoms with Crippen LogP contribution in [0.2, 0.25) is 0 Å². The maximum absolute atomic E-state index is 10.9. The number of hydrogen-bond donors (Lipinski definition) is 1. The van der Waals surface area contributed by atoms with Crippen LogP contribution in [-0.4, -0.2) is 25.7 Å². The van der Waals surface area contributed by atoms with Gasteiger partial charge in [0.1, 0.15) is 11.5 Å². The number of ether oxygens (including phenoxy) is 2. The van der Waals surface area contributed by atoms with Crippen molar-refractivity contribution < 1.29 is 14.3 Å². The lowest BCUT2D eigenvalue weighted by molar-refractivity contribution is -0.131. The first kappa shape index (κ1) is 14.9. The van der Waals surface area contributed by atoms with Gasteiger partial charge in [0.15, 0.2) is 0 Å². The maximum Gasteiger partial charge on any atom is 0.308 e. The molecule has 1 fully saturated rings. The van der Waals surface area contributed by atoms with Crippen LogP contribution >= 0.6 is 0 Å². The van der Waals surface area contributed by atoms with Gasteiger partial charge in [-0.2, -0.15) is 0 Å². The number of esters is 1. The van der Waals surface area contributed by atoms with E-state index in [4.69, 9.17) is 9.47 Å². The third-order valence-electron chi connectivity index (χ3n) is 3.49. The Balaban J connectivity index is 1.69. The second kappa shape index (κ2) is 7.90. The van der Waals surface area contributed by atoms with Gasteiger partial charge in [0.2, 0.25) is 0 Å². The molecule has 1 aromatic carbocycles. The van der Waals surface area contributed by atoms with Crippen LogP contribution in [0, 0.1) is 5.92 Å². The molecule has 0 saturated carbocycles. The smallest absolute Gasteiger partial charge is 0.308 e. The van der Waals surface area contributed by atoms with Crippen molar-refractivity contribution >= 4 is 5.97 Å². The van der Waals surface area contributed by atoms with Crippen molar-refractivity contribution in [1.29, 1.82) is 0 Å². The Labute approximate surface area is 120 Å². The summed E-state index contributed by atoms with van der Waals surface area (Å²) in [6.45, 7) is 4.41. The molecule has 0 aliphatic carbocycles. The summed E-state index contributed by atoms with van der Waals surface area (Å²) in [4.78, 5) is 10.9. The third kappa shape index (κ3) is 5.21. The predicted molar refractivity (Wildman–Crippen MR) is 78.1 cm³/mol. The summed E-state index contributed by atoms with van der Waals surface area (Å²) in [7, 11) is 0. The maximum atomic E-state index is 10.9. The Bertz CT molecular complexity index is 427. The molecule has 0 radical (unpaired) electrons. The van der Waals surface area contributed by atoms with Gasteiger partial charge in [-0.25, -0.2) is 0 Å². The minimum atomic E-state index is -0.313. The van der Waals surface area contributed by atoms with Crippen LogP contribution in [0.5, 0.6) is 11.5 Å². The van der Waals surface area contributed by atoms with Crippen molar-refractivity contribution in [1.82, 2.24) is 5.32 Å². The number of benzene rings is 1. The minimum absolute atomic E-state index is 0.313. The Morgan fingerprint density at radius 1 is 1.40 bits per heavy atom. The van der Waals surface area contributed by atoms with Crippen molar-refractivity contribution in [2.24, 2.45) is 5.92 Å². The van der Waals surface area contributed by atoms with E-state index >= 15 is 0 Å². The van der Waals surface area contributed by atoms with E-state index < -0.39 is 0 Å². The van der Waals surface area contributed by atoms with Crippen LogP contribution in [0.1, 0.15) is 32.6 Å². The summed E-state index contributed by atoms with van der Waals surface area (Å²) >= 11 is 0. The fourth-order valence-corrected chi connectivity index (χ4v) is 2.53. The number of carbonyl (C=O) groups is 1. The van der Waals surface area contributed by atoms with Gasteiger partial charge in [-0.15, -0.1) is 0 Å². The molecular weight excluding hydrogens is 254 g/mol. The van der Waals surface area contributed by atoms with E-state index in [1.54, 1.807) is 12.1 Å². The van der Waals surface area contributed by atoms with E-state index in [1.165, 1.54) is 26.2 Å². The molecule has 0 amide bonds. The number of carbonyl (C=O) groups excluding carboxylic acids is 1. The Morgan fingerprint density at radius 2 is 2.25 bits per heavy atom. The van der Waals surface area contributed by atoms with Gasteiger partial charge in [-0.05, 0) is 56.8 Å². The molecule has 2 rings (SSSR count). The lowest BCUT2D eigenvalue weighted by Crippen LogP contribution is -2.29. The van der Waals surface area contributed by atoms with Crippen LogP contribution in [0.15, 0.2) is 24.3 Å². The topological polar surface area (TPSA) is 47.6 Å². The quantitative estimate of drug-likeness (QED) is 0.493. The molecular formula is C16H23NO3. The molecule has 1 aliphatic rings. The molecule has 110 valence electrons. The van der Waals surface area contributed by atoms with Gasteiger partial charge >= 0.3 is 5.97 Å². The molecule has 1 aromatic rings. The average Bonchev–Trinajstić information content (AvgIpc) is 2.44. The zero-order valence-electron chi connectivity index (χ0n) is 12.1. The first-order chi connectivity index (χ1) is 9.74. The Hall–Kier alpha value is -1.55. The summed E-state index contributed by atoms with van der Waals surface area (Å²) in [5, 5.41) is 3.43. The first-order valence-corrected chi connectivity index (χ1v) is 7.36. The highest BCUT2D eigenvalue weighted by Crippen LogP contribution is 2.21. The molecule has 4 heteroatoms. The van der Waals surface area contributed by atoms with Gasteiger partial charge in [-0.3, -0.25) is 4.79 Å². The number of nitrogens with one attached hydrogen (secondary N) is 1. The van der Waals surface area contributed by atoms with Gasteiger partial charge < -0.3 is 14.8 Å². The summed E-state index contributed by atoms with van der Waals surface area (Å²) in [5.74, 6) is 1.77. The summed E-state index contributed by atoms with van der Waals surface area (Å²) in [6, 6.07) is 7.22. The normalized spacial score (nSPS) is 18.6. The lowest BCUT2D eigenvalue weighted by atomic mass is 9.95. The largest absolute Gasteiger partial charge is 0.493 e. The van der Waals surface area contributed by atoms with Crippen molar-refractivity contribution in [3.8, 4) is 11.5 Å². The van der Waals surface area contributed by atoms with E-state index in [9.17, 15) is 4.79 Å². The van der Waals surface area contributed by atoms with E-state index in [2.05, 4.69) is 5.32 Å². The van der Waals surface area contributed by atoms with Crippen molar-refractivity contribution in [2.75, 3.05) is 19.7 Å². The molecule has 1 unspecified atom stereocenters. The molecule has 0 aromatic heterocycles. The number of piperidine rings is 1. The van der Waals surface area contributed by atoms with Crippen LogP contribution in [-0.2, 0) is 4.79 Å². The number of rotatable bonds is 6. The molecule has 4 nitrogen and oxygen atoms in total. The molecule has 20 heavy (non-hydrogen) atoms. The first-order valence-electron chi connectivity index (χ1n) is 7.36. The fraction of sp³-hybridized carbons (Fsp3) is 0.562. The second-order valence-electron chi connectivity index (χ2n) is 5.27. The summed E-state index contributed by atoms with van der Waals surface area (Å²) in [6.07, 6.45) is 4.88. The Morgan fingerprint density at radius 3 is 3.00 bits per heavy atom. The van der Waals surface area contributed by atoms with Gasteiger partial charge in [0, 0.05) is 13.0 Å². The molecule has 1 atom stereocenters. The molecule has 1 N–H and O–H groups in total. The standard InChI is InChI=1S/C16H23NO3/c1-13(18)20-16-8-2-7-15(11-16)19-10-4-6-14-5-3-9-17-12-14/h2,7-8,11,14,17H,3-6,9-10,12H2,1H3. The molecule has 0 spiro atoms. The van der Waals surface area contributed by atoms with Crippen molar-refractivity contribution in [2.45, 2.75) is 32.6 Å². The van der Waals surface area contributed by atoms with E-state index in [-0.39, 0.29) is 5.97 Å². The van der Waals surface area contributed by atoms with E-state index in [0.29, 0.717) is 12.4 Å². The van der Waals surface area contributed by atoms with E-state index in [0.717, 1.165) is 31.2 Å². The molecule has 1 heterocycles. The van der Waals surface area contributed by atoms with Crippen LogP contribution in [0.3, 0.4) is 0 Å². The van der Waals surface area contributed by atoms with Gasteiger partial charge in [0.25, 0.3) is 0 Å². The van der Waals surface area contributed by atoms with Gasteiger partial charge in [0.05, 0.1) is 6.61 Å². The van der Waals surface area contributed by atoms with Crippen LogP contribution < -0.4 is 14.8 Å². The van der Waals surface area contributed by atoms with Crippen molar-refractivity contribution in [3.63, 3.8) is 0 Å². The average molecular weight is 277 g/mol. The molecule has 1 saturated heterocycles. The third-order valence-corrected chi connectivity index (χ3v) is 3.49. The van der Waals surface area contributed by atoms with E-state index in [1.807, 2.05) is 12.1 Å². The SMILES string of the molecule is CC(=O)Oc1cccc(OCCCC2CCCNC2)c1. The minimum Gasteiger partial charge on any atom is -0.493 e. The zero-order chi connectivity index (χ0) is 14.2. The fourth-order valence-electron chi connectivity index (χ4n) is 2.53. The highest BCUT2D eigenvalue weighted by molar-refractivity contribution is 5.69. The number of hydrogen-bond acceptors (Lipinski definition) is 4. The highest BCUT2D eigenvalue weighted by atomic mass is 16.5. The Kier molecular flexibility index (Phi) is 5.87. The van der Waals surface area contributed by atoms with Gasteiger partial charge in [-0.1, -0.05) is 6.07 Å². The van der Waals surface area contributed by atoms with Crippen LogP contribution in [0.25, 0.3) is 0 Å².